The fourth-order valence-electron chi connectivity index (χ4n) is 5.85. The Balaban J connectivity index is 1.79. The van der Waals surface area contributed by atoms with Crippen molar-refractivity contribution in [2.24, 2.45) is 34.8 Å². The van der Waals surface area contributed by atoms with E-state index in [1.54, 1.807) is 0 Å². The lowest BCUT2D eigenvalue weighted by Crippen LogP contribution is -2.62. The van der Waals surface area contributed by atoms with Gasteiger partial charge in [0.05, 0.1) is 18.6 Å². The van der Waals surface area contributed by atoms with Crippen molar-refractivity contribution in [3.8, 4) is 0 Å². The number of ketones is 1. The number of nitrogens with zero attached hydrogens (tertiary/aromatic N) is 2. The lowest BCUT2D eigenvalue weighted by atomic mass is 9.84. The smallest absolute Gasteiger partial charge is 0.410 e. The van der Waals surface area contributed by atoms with E-state index in [2.05, 4.69) is 16.0 Å². The zero-order valence-corrected chi connectivity index (χ0v) is 26.6. The van der Waals surface area contributed by atoms with Gasteiger partial charge in [0, 0.05) is 13.1 Å². The Bertz CT molecular complexity index is 1080. The molecule has 1 unspecified atom stereocenters. The minimum Gasteiger partial charge on any atom is -0.448 e. The molecule has 13 heteroatoms. The van der Waals surface area contributed by atoms with Crippen molar-refractivity contribution in [3.05, 3.63) is 0 Å². The van der Waals surface area contributed by atoms with Crippen LogP contribution in [0.1, 0.15) is 74.1 Å². The topological polar surface area (TPSA) is 180 Å². The molecule has 0 radical (unpaired) electrons. The Labute approximate surface area is 254 Å². The monoisotopic (exact) mass is 606 g/mol. The van der Waals surface area contributed by atoms with Crippen LogP contribution in [0, 0.1) is 29.1 Å². The fraction of sp³-hybridized carbons (Fsp3) is 0.800. The molecule has 3 fully saturated rings. The number of ether oxygens (including phenoxy) is 1. The van der Waals surface area contributed by atoms with E-state index in [4.69, 9.17) is 10.5 Å². The second-order valence-electron chi connectivity index (χ2n) is 14.0. The van der Waals surface area contributed by atoms with E-state index >= 15 is 0 Å². The van der Waals surface area contributed by atoms with Gasteiger partial charge in [0.2, 0.25) is 17.6 Å². The van der Waals surface area contributed by atoms with E-state index in [0.29, 0.717) is 32.5 Å². The molecule has 0 bridgehead atoms. The highest BCUT2D eigenvalue weighted by Gasteiger charge is 2.48. The van der Waals surface area contributed by atoms with Crippen molar-refractivity contribution in [1.82, 2.24) is 25.8 Å². The molecule has 6 amide bonds. The summed E-state index contributed by atoms with van der Waals surface area (Å²) in [4.78, 5) is 80.5. The third-order valence-electron chi connectivity index (χ3n) is 8.77. The van der Waals surface area contributed by atoms with Crippen LogP contribution in [0.25, 0.3) is 0 Å². The summed E-state index contributed by atoms with van der Waals surface area (Å²) in [6.07, 6.45) is 2.32. The van der Waals surface area contributed by atoms with Gasteiger partial charge in [-0.15, -0.1) is 0 Å². The minimum atomic E-state index is -1.10. The summed E-state index contributed by atoms with van der Waals surface area (Å²) in [7, 11) is 0. The van der Waals surface area contributed by atoms with Crippen molar-refractivity contribution in [2.75, 3.05) is 26.2 Å². The predicted octanol–water partition coefficient (Wildman–Crippen LogP) is 1.39. The molecule has 0 spiro atoms. The third kappa shape index (κ3) is 8.82. The van der Waals surface area contributed by atoms with Gasteiger partial charge in [-0.05, 0) is 41.9 Å². The number of carbonyl (C=O) groups is 6. The molecule has 0 aromatic heterocycles. The first-order valence-electron chi connectivity index (χ1n) is 15.4. The van der Waals surface area contributed by atoms with Gasteiger partial charge < -0.3 is 36.2 Å². The quantitative estimate of drug-likeness (QED) is 0.229. The summed E-state index contributed by atoms with van der Waals surface area (Å²) in [5, 5.41) is 8.51. The Kier molecular flexibility index (Phi) is 11.1. The van der Waals surface area contributed by atoms with E-state index < -0.39 is 59.2 Å². The number of amides is 6. The van der Waals surface area contributed by atoms with E-state index in [1.165, 1.54) is 9.80 Å². The molecular weight excluding hydrogens is 556 g/mol. The molecule has 5 N–H and O–H groups in total. The summed E-state index contributed by atoms with van der Waals surface area (Å²) in [6, 6.07) is -3.84. The predicted molar refractivity (Wildman–Crippen MR) is 158 cm³/mol. The molecule has 2 aliphatic heterocycles. The van der Waals surface area contributed by atoms with E-state index in [0.717, 1.165) is 12.8 Å². The van der Waals surface area contributed by atoms with Crippen LogP contribution in [-0.2, 0) is 23.9 Å². The van der Waals surface area contributed by atoms with Gasteiger partial charge in [-0.2, -0.15) is 0 Å². The lowest BCUT2D eigenvalue weighted by molar-refractivity contribution is -0.144. The van der Waals surface area contributed by atoms with Crippen LogP contribution in [0.4, 0.5) is 9.59 Å². The van der Waals surface area contributed by atoms with E-state index in [9.17, 15) is 28.8 Å². The fourth-order valence-corrected chi connectivity index (χ4v) is 5.85. The second-order valence-corrected chi connectivity index (χ2v) is 14.0. The van der Waals surface area contributed by atoms with Gasteiger partial charge in [0.1, 0.15) is 18.7 Å². The highest BCUT2D eigenvalue weighted by atomic mass is 16.6. The second kappa shape index (κ2) is 13.9. The highest BCUT2D eigenvalue weighted by molar-refractivity contribution is 6.37. The molecule has 13 nitrogen and oxygen atoms in total. The Morgan fingerprint density at radius 1 is 0.977 bits per heavy atom. The van der Waals surface area contributed by atoms with Crippen molar-refractivity contribution >= 4 is 35.6 Å². The Morgan fingerprint density at radius 2 is 1.63 bits per heavy atom. The first-order chi connectivity index (χ1) is 20.0. The average Bonchev–Trinajstić information content (AvgIpc) is 3.45. The van der Waals surface area contributed by atoms with Gasteiger partial charge in [-0.3, -0.25) is 19.2 Å². The first kappa shape index (κ1) is 34.1. The third-order valence-corrected chi connectivity index (χ3v) is 8.77. The maximum Gasteiger partial charge on any atom is 0.410 e. The molecule has 0 aromatic rings. The maximum absolute atomic E-state index is 14.2. The molecule has 1 aliphatic carbocycles. The molecule has 3 rings (SSSR count). The van der Waals surface area contributed by atoms with Gasteiger partial charge in [0.15, 0.2) is 0 Å². The standard InChI is InChI=1S/C30H50N6O7/c1-16(2)19-10-11-36(22(19)26(39)32-20(14-18-8-9-18)23(37)25(31)38)27(40)24(30(5,6)7)34-28(41)33-21(17(3)4)15-35-12-13-43-29(35)42/h16-22,24H,8-15H2,1-7H3,(H2,31,38)(H,32,39)(H2,33,34,41)/t19-,20?,21-,22+,24-/m1/s1. The molecule has 2 saturated heterocycles. The van der Waals surface area contributed by atoms with Crippen LogP contribution < -0.4 is 21.7 Å². The number of Topliss-reactive ketones (excluding diaryl/α,β-unsaturated/α-hetero) is 1. The number of rotatable bonds is 13. The zero-order valence-electron chi connectivity index (χ0n) is 26.6. The van der Waals surface area contributed by atoms with Crippen LogP contribution >= 0.6 is 0 Å². The molecule has 2 heterocycles. The van der Waals surface area contributed by atoms with Gasteiger partial charge in [-0.25, -0.2) is 9.59 Å². The van der Waals surface area contributed by atoms with Crippen LogP contribution in [0.15, 0.2) is 0 Å². The Morgan fingerprint density at radius 3 is 2.12 bits per heavy atom. The van der Waals surface area contributed by atoms with E-state index in [-0.39, 0.29) is 36.3 Å². The van der Waals surface area contributed by atoms with Crippen molar-refractivity contribution < 1.29 is 33.5 Å². The largest absolute Gasteiger partial charge is 0.448 e. The van der Waals surface area contributed by atoms with Gasteiger partial charge >= 0.3 is 12.1 Å². The summed E-state index contributed by atoms with van der Waals surface area (Å²) in [6.45, 7) is 14.6. The van der Waals surface area contributed by atoms with Crippen molar-refractivity contribution in [3.63, 3.8) is 0 Å². The number of cyclic esters (lactones) is 1. The van der Waals surface area contributed by atoms with E-state index in [1.807, 2.05) is 48.5 Å². The molecule has 43 heavy (non-hydrogen) atoms. The highest BCUT2D eigenvalue weighted by Crippen LogP contribution is 2.35. The normalized spacial score (nSPS) is 22.7. The number of urea groups is 1. The number of nitrogens with two attached hydrogens (primary N) is 1. The molecule has 1 saturated carbocycles. The molecule has 5 atom stereocenters. The number of likely N-dealkylation sites (tertiary alicyclic amines) is 1. The average molecular weight is 607 g/mol. The Hall–Kier alpha value is -3.38. The number of primary amides is 1. The molecular formula is C30H50N6O7. The SMILES string of the molecule is CC(C)[C@H]1CCN(C(=O)[C@@H](NC(=O)N[C@H](CN2CCOC2=O)C(C)C)C(C)(C)C)[C@@H]1C(=O)NC(CC1CC1)C(=O)C(N)=O. The molecule has 3 aliphatic rings. The van der Waals surface area contributed by atoms with Crippen LogP contribution in [0.5, 0.6) is 0 Å². The van der Waals surface area contributed by atoms with Crippen molar-refractivity contribution in [2.45, 2.75) is 98.3 Å². The van der Waals surface area contributed by atoms with Crippen LogP contribution in [0.3, 0.4) is 0 Å². The maximum atomic E-state index is 14.2. The van der Waals surface area contributed by atoms with Gasteiger partial charge in [0.25, 0.3) is 5.91 Å². The first-order valence-corrected chi connectivity index (χ1v) is 15.4. The number of hydrogen-bond acceptors (Lipinski definition) is 7. The molecule has 242 valence electrons. The molecule has 0 aromatic carbocycles. The minimum absolute atomic E-state index is 0.00639. The number of nitrogens with one attached hydrogen (secondary N) is 3. The summed E-state index contributed by atoms with van der Waals surface area (Å²) in [5.74, 6) is -2.75. The number of carbonyl (C=O) groups excluding carboxylic acids is 6. The van der Waals surface area contributed by atoms with Gasteiger partial charge in [-0.1, -0.05) is 61.3 Å². The number of hydrogen-bond donors (Lipinski definition) is 4. The van der Waals surface area contributed by atoms with Crippen molar-refractivity contribution in [1.29, 1.82) is 0 Å². The lowest BCUT2D eigenvalue weighted by Gasteiger charge is -2.37. The summed E-state index contributed by atoms with van der Waals surface area (Å²) >= 11 is 0. The summed E-state index contributed by atoms with van der Waals surface area (Å²) in [5.41, 5.74) is 4.56. The van der Waals surface area contributed by atoms with Crippen LogP contribution in [0.2, 0.25) is 0 Å². The summed E-state index contributed by atoms with van der Waals surface area (Å²) < 4.78 is 5.01. The van der Waals surface area contributed by atoms with Crippen LogP contribution in [-0.4, -0.2) is 95.8 Å². The zero-order chi connectivity index (χ0) is 32.2.